The molecule has 29 heavy (non-hydrogen) atoms. The highest BCUT2D eigenvalue weighted by atomic mass is 16.7. The van der Waals surface area contributed by atoms with E-state index < -0.39 is 0 Å². The number of fused-ring (bicyclic) bond motifs is 3. The molecule has 6 rings (SSSR count). The third kappa shape index (κ3) is 2.99. The zero-order valence-corrected chi connectivity index (χ0v) is 16.4. The number of nitrogens with zero attached hydrogens (tertiary/aromatic N) is 2. The molecule has 0 radical (unpaired) electrons. The van der Waals surface area contributed by atoms with E-state index in [9.17, 15) is 0 Å². The number of hydrogen-bond acceptors (Lipinski definition) is 5. The van der Waals surface area contributed by atoms with Crippen LogP contribution in [0.3, 0.4) is 0 Å². The molecule has 1 aromatic heterocycles. The minimum atomic E-state index is 0.296. The van der Waals surface area contributed by atoms with Crippen LogP contribution in [0.4, 0.5) is 5.69 Å². The molecule has 3 aromatic rings. The summed E-state index contributed by atoms with van der Waals surface area (Å²) in [5.41, 5.74) is 4.13. The minimum Gasteiger partial charge on any atom is -0.493 e. The van der Waals surface area contributed by atoms with E-state index in [1.807, 2.05) is 18.2 Å². The summed E-state index contributed by atoms with van der Waals surface area (Å²) in [6.45, 7) is 5.40. The lowest BCUT2D eigenvalue weighted by Crippen LogP contribution is -2.55. The van der Waals surface area contributed by atoms with Gasteiger partial charge in [0.2, 0.25) is 6.79 Å². The van der Waals surface area contributed by atoms with Crippen molar-refractivity contribution in [2.75, 3.05) is 44.5 Å². The standard InChI is InChI=1S/C23H25N3O3/c1-3-19-23-16(13-24-19)11-17-14-25(8-9-26(17)20(23)4-1)7-2-10-27-18-5-6-21-22(12-18)29-15-28-21/h1,3-6,12-13,17,24H,2,7-11,14-15H2. The van der Waals surface area contributed by atoms with E-state index in [0.29, 0.717) is 19.4 Å². The Morgan fingerprint density at radius 2 is 2.07 bits per heavy atom. The van der Waals surface area contributed by atoms with Crippen molar-refractivity contribution in [3.8, 4) is 17.2 Å². The maximum atomic E-state index is 5.93. The van der Waals surface area contributed by atoms with Crippen LogP contribution in [0, 0.1) is 0 Å². The maximum Gasteiger partial charge on any atom is 0.231 e. The molecule has 0 saturated carbocycles. The quantitative estimate of drug-likeness (QED) is 0.676. The van der Waals surface area contributed by atoms with Crippen molar-refractivity contribution in [2.45, 2.75) is 18.9 Å². The molecular weight excluding hydrogens is 366 g/mol. The van der Waals surface area contributed by atoms with E-state index in [2.05, 4.69) is 39.2 Å². The second-order valence-corrected chi connectivity index (χ2v) is 8.08. The summed E-state index contributed by atoms with van der Waals surface area (Å²) in [4.78, 5) is 8.64. The average molecular weight is 391 g/mol. The Morgan fingerprint density at radius 3 is 3.07 bits per heavy atom. The van der Waals surface area contributed by atoms with E-state index in [-0.39, 0.29) is 0 Å². The zero-order valence-electron chi connectivity index (χ0n) is 16.4. The number of benzene rings is 2. The number of piperazine rings is 1. The molecule has 0 bridgehead atoms. The average Bonchev–Trinajstić information content (AvgIpc) is 3.39. The number of aromatic nitrogens is 1. The maximum absolute atomic E-state index is 5.93. The summed E-state index contributed by atoms with van der Waals surface area (Å²) in [6, 6.07) is 13.0. The first-order valence-corrected chi connectivity index (χ1v) is 10.5. The molecule has 1 fully saturated rings. The van der Waals surface area contributed by atoms with E-state index in [4.69, 9.17) is 14.2 Å². The first-order valence-electron chi connectivity index (χ1n) is 10.5. The number of aromatic amines is 1. The van der Waals surface area contributed by atoms with Crippen molar-refractivity contribution < 1.29 is 14.2 Å². The molecule has 3 aliphatic heterocycles. The summed E-state index contributed by atoms with van der Waals surface area (Å²) in [6.07, 6.45) is 4.34. The van der Waals surface area contributed by atoms with Crippen LogP contribution in [-0.4, -0.2) is 55.5 Å². The molecule has 6 heteroatoms. The van der Waals surface area contributed by atoms with Crippen LogP contribution < -0.4 is 19.1 Å². The Kier molecular flexibility index (Phi) is 4.04. The monoisotopic (exact) mass is 391 g/mol. The largest absolute Gasteiger partial charge is 0.493 e. The van der Waals surface area contributed by atoms with Crippen LogP contribution in [0.15, 0.2) is 42.6 Å². The Morgan fingerprint density at radius 1 is 1.10 bits per heavy atom. The Hall–Kier alpha value is -2.86. The van der Waals surface area contributed by atoms with Crippen molar-refractivity contribution in [3.63, 3.8) is 0 Å². The predicted molar refractivity (Wildman–Crippen MR) is 112 cm³/mol. The van der Waals surface area contributed by atoms with Gasteiger partial charge in [-0.15, -0.1) is 0 Å². The molecule has 0 amide bonds. The highest BCUT2D eigenvalue weighted by Crippen LogP contribution is 2.38. The number of hydrogen-bond donors (Lipinski definition) is 1. The SMILES string of the molecule is c1cc2c3c(c[nH]c3c1)CC1CN(CCCOc3ccc4c(c3)OCO4)CCN21. The topological polar surface area (TPSA) is 50.0 Å². The van der Waals surface area contributed by atoms with E-state index in [1.165, 1.54) is 22.2 Å². The van der Waals surface area contributed by atoms with Gasteiger partial charge in [-0.1, -0.05) is 6.07 Å². The lowest BCUT2D eigenvalue weighted by molar-refractivity contribution is 0.173. The summed E-state index contributed by atoms with van der Waals surface area (Å²) >= 11 is 0. The second-order valence-electron chi connectivity index (χ2n) is 8.08. The summed E-state index contributed by atoms with van der Waals surface area (Å²) in [7, 11) is 0. The first kappa shape index (κ1) is 17.0. The normalized spacial score (nSPS) is 20.1. The van der Waals surface area contributed by atoms with E-state index in [0.717, 1.165) is 56.3 Å². The highest BCUT2D eigenvalue weighted by Gasteiger charge is 2.32. The van der Waals surface area contributed by atoms with Crippen molar-refractivity contribution in [1.29, 1.82) is 0 Å². The lowest BCUT2D eigenvalue weighted by atomic mass is 9.94. The molecule has 6 nitrogen and oxygen atoms in total. The Bertz CT molecular complexity index is 1050. The van der Waals surface area contributed by atoms with E-state index >= 15 is 0 Å². The van der Waals surface area contributed by atoms with Crippen LogP contribution in [0.1, 0.15) is 12.0 Å². The van der Waals surface area contributed by atoms with Gasteiger partial charge in [-0.25, -0.2) is 0 Å². The Labute approximate surface area is 170 Å². The van der Waals surface area contributed by atoms with Gasteiger partial charge in [0.05, 0.1) is 6.61 Å². The lowest BCUT2D eigenvalue weighted by Gasteiger charge is -2.45. The van der Waals surface area contributed by atoms with Crippen LogP contribution in [-0.2, 0) is 6.42 Å². The van der Waals surface area contributed by atoms with Gasteiger partial charge in [0.25, 0.3) is 0 Å². The molecule has 0 spiro atoms. The molecule has 1 atom stereocenters. The smallest absolute Gasteiger partial charge is 0.231 e. The predicted octanol–water partition coefficient (Wildman–Crippen LogP) is 3.41. The van der Waals surface area contributed by atoms with Crippen LogP contribution in [0.2, 0.25) is 0 Å². The molecule has 150 valence electrons. The zero-order chi connectivity index (χ0) is 19.2. The van der Waals surface area contributed by atoms with Gasteiger partial charge in [0, 0.05) is 61.1 Å². The van der Waals surface area contributed by atoms with Gasteiger partial charge < -0.3 is 24.1 Å². The van der Waals surface area contributed by atoms with Crippen molar-refractivity contribution >= 4 is 16.6 Å². The van der Waals surface area contributed by atoms with Crippen molar-refractivity contribution in [2.24, 2.45) is 0 Å². The van der Waals surface area contributed by atoms with Gasteiger partial charge >= 0.3 is 0 Å². The molecule has 2 aromatic carbocycles. The fourth-order valence-electron chi connectivity index (χ4n) is 4.95. The highest BCUT2D eigenvalue weighted by molar-refractivity contribution is 5.96. The molecule has 4 heterocycles. The summed E-state index contributed by atoms with van der Waals surface area (Å²) in [5.74, 6) is 2.42. The van der Waals surface area contributed by atoms with Crippen molar-refractivity contribution in [1.82, 2.24) is 9.88 Å². The van der Waals surface area contributed by atoms with Crippen molar-refractivity contribution in [3.05, 3.63) is 48.2 Å². The summed E-state index contributed by atoms with van der Waals surface area (Å²) in [5, 5.41) is 1.43. The summed E-state index contributed by atoms with van der Waals surface area (Å²) < 4.78 is 16.7. The number of nitrogens with one attached hydrogen (secondary N) is 1. The van der Waals surface area contributed by atoms with Gasteiger partial charge in [-0.3, -0.25) is 4.90 Å². The van der Waals surface area contributed by atoms with Crippen LogP contribution >= 0.6 is 0 Å². The molecular formula is C23H25N3O3. The number of anilines is 1. The second kappa shape index (κ2) is 6.88. The number of rotatable bonds is 5. The third-order valence-corrected chi connectivity index (χ3v) is 6.33. The van der Waals surface area contributed by atoms with Gasteiger partial charge in [-0.05, 0) is 42.7 Å². The molecule has 1 N–H and O–H groups in total. The number of ether oxygens (including phenoxy) is 3. The van der Waals surface area contributed by atoms with Gasteiger partial charge in [-0.2, -0.15) is 0 Å². The van der Waals surface area contributed by atoms with Gasteiger partial charge in [0.1, 0.15) is 5.75 Å². The minimum absolute atomic E-state index is 0.296. The fraction of sp³-hybridized carbons (Fsp3) is 0.391. The van der Waals surface area contributed by atoms with E-state index in [1.54, 1.807) is 0 Å². The van der Waals surface area contributed by atoms with Crippen LogP contribution in [0.5, 0.6) is 17.2 Å². The molecule has 1 saturated heterocycles. The number of H-pyrrole nitrogens is 1. The molecule has 3 aliphatic rings. The molecule has 0 aliphatic carbocycles. The fourth-order valence-corrected chi connectivity index (χ4v) is 4.95. The molecule has 1 unspecified atom stereocenters. The first-order chi connectivity index (χ1) is 14.3. The Balaban J connectivity index is 1.04. The van der Waals surface area contributed by atoms with Gasteiger partial charge in [0.15, 0.2) is 11.5 Å². The third-order valence-electron chi connectivity index (χ3n) is 6.33. The van der Waals surface area contributed by atoms with Crippen LogP contribution in [0.25, 0.3) is 10.9 Å².